The minimum Gasteiger partial charge on any atom is -0.493 e. The minimum atomic E-state index is -0.826. The van der Waals surface area contributed by atoms with Crippen molar-refractivity contribution in [3.63, 3.8) is 0 Å². The molecule has 0 aromatic heterocycles. The van der Waals surface area contributed by atoms with Crippen molar-refractivity contribution in [1.82, 2.24) is 14.7 Å². The zero-order valence-electron chi connectivity index (χ0n) is 26.6. The van der Waals surface area contributed by atoms with Crippen molar-refractivity contribution in [3.05, 3.63) is 99.0 Å². The number of aliphatic carboxylic acids is 1. The smallest absolute Gasteiger partial charge is 0.326 e. The molecule has 2 heterocycles. The van der Waals surface area contributed by atoms with Crippen LogP contribution in [0.4, 0.5) is 4.79 Å². The number of amidine groups is 1. The number of hydrogen-bond acceptors (Lipinski definition) is 5. The first-order chi connectivity index (χ1) is 21.5. The highest BCUT2D eigenvalue weighted by atomic mass is 35.5. The summed E-state index contributed by atoms with van der Waals surface area (Å²) in [4.78, 5) is 36.9. The number of halogens is 3. The van der Waals surface area contributed by atoms with Crippen molar-refractivity contribution in [2.45, 2.75) is 59.0 Å². The van der Waals surface area contributed by atoms with E-state index >= 15 is 0 Å². The minimum absolute atomic E-state index is 0. The van der Waals surface area contributed by atoms with Crippen LogP contribution in [0.15, 0.2) is 71.7 Å². The summed E-state index contributed by atoms with van der Waals surface area (Å²) in [7, 11) is 0. The molecule has 5 rings (SSSR count). The molecule has 2 aliphatic rings. The number of carboxylic acid groups (broad SMARTS) is 1. The fraction of sp³-hybridized carbons (Fsp3) is 0.417. The predicted octanol–water partition coefficient (Wildman–Crippen LogP) is 8.50. The molecule has 0 saturated carbocycles. The van der Waals surface area contributed by atoms with Gasteiger partial charge in [0.2, 0.25) is 0 Å². The number of rotatable bonds is 8. The van der Waals surface area contributed by atoms with E-state index in [1.54, 1.807) is 0 Å². The van der Waals surface area contributed by atoms with E-state index in [0.717, 1.165) is 22.3 Å². The number of amides is 2. The first-order valence-electron chi connectivity index (χ1n) is 15.3. The molecule has 8 nitrogen and oxygen atoms in total. The first-order valence-corrected chi connectivity index (χ1v) is 16.1. The highest BCUT2D eigenvalue weighted by molar-refractivity contribution is 6.30. The van der Waals surface area contributed by atoms with Gasteiger partial charge < -0.3 is 14.7 Å². The van der Waals surface area contributed by atoms with Crippen LogP contribution >= 0.6 is 35.6 Å². The van der Waals surface area contributed by atoms with Crippen LogP contribution in [-0.4, -0.2) is 77.0 Å². The van der Waals surface area contributed by atoms with Gasteiger partial charge in [-0.1, -0.05) is 81.7 Å². The lowest BCUT2D eigenvalue weighted by Gasteiger charge is -2.39. The van der Waals surface area contributed by atoms with Gasteiger partial charge in [0.1, 0.15) is 17.6 Å². The Morgan fingerprint density at radius 3 is 2.02 bits per heavy atom. The monoisotopic (exact) mass is 702 g/mol. The highest BCUT2D eigenvalue weighted by Gasteiger charge is 2.45. The highest BCUT2D eigenvalue weighted by Crippen LogP contribution is 2.46. The van der Waals surface area contributed by atoms with Crippen molar-refractivity contribution in [2.75, 3.05) is 39.3 Å². The fourth-order valence-electron chi connectivity index (χ4n) is 5.87. The third kappa shape index (κ3) is 8.79. The van der Waals surface area contributed by atoms with E-state index in [-0.39, 0.29) is 37.7 Å². The Morgan fingerprint density at radius 2 is 1.49 bits per heavy atom. The third-order valence-electron chi connectivity index (χ3n) is 8.37. The van der Waals surface area contributed by atoms with Crippen molar-refractivity contribution >= 4 is 53.4 Å². The number of benzene rings is 3. The van der Waals surface area contributed by atoms with E-state index in [9.17, 15) is 9.59 Å². The fourth-order valence-corrected chi connectivity index (χ4v) is 6.12. The van der Waals surface area contributed by atoms with Crippen LogP contribution in [0.1, 0.15) is 75.9 Å². The maximum absolute atomic E-state index is 14.7. The van der Waals surface area contributed by atoms with Crippen LogP contribution in [0.25, 0.3) is 0 Å². The zero-order valence-corrected chi connectivity index (χ0v) is 28.9. The Bertz CT molecular complexity index is 1550. The third-order valence-corrected chi connectivity index (χ3v) is 8.87. The number of aliphatic imine (C=N–C) groups is 1. The number of carbonyl (C=O) groups excluding carboxylic acids is 1. The van der Waals surface area contributed by atoms with E-state index in [2.05, 4.69) is 37.8 Å². The van der Waals surface area contributed by atoms with Gasteiger partial charge in [-0.2, -0.15) is 0 Å². The summed E-state index contributed by atoms with van der Waals surface area (Å²) < 4.78 is 6.21. The summed E-state index contributed by atoms with van der Waals surface area (Å²) in [6.07, 6.45) is 0.0725. The Morgan fingerprint density at radius 1 is 0.915 bits per heavy atom. The molecule has 0 aliphatic carbocycles. The number of ether oxygens (including phenoxy) is 1. The molecular weight excluding hydrogens is 659 g/mol. The topological polar surface area (TPSA) is 85.7 Å². The summed E-state index contributed by atoms with van der Waals surface area (Å²) in [6, 6.07) is 20.3. The summed E-state index contributed by atoms with van der Waals surface area (Å²) in [6.45, 7) is 11.5. The summed E-state index contributed by atoms with van der Waals surface area (Å²) in [5.74, 6) is 0.386. The Labute approximate surface area is 294 Å². The van der Waals surface area contributed by atoms with Crippen molar-refractivity contribution < 1.29 is 19.4 Å². The quantitative estimate of drug-likeness (QED) is 0.254. The molecule has 3 aromatic rings. The van der Waals surface area contributed by atoms with Gasteiger partial charge in [0.15, 0.2) is 0 Å². The molecule has 1 saturated heterocycles. The molecule has 3 aromatic carbocycles. The summed E-state index contributed by atoms with van der Waals surface area (Å²) >= 11 is 12.6. The normalized spacial score (nSPS) is 18.2. The molecular formula is C36H45Cl3N4O4. The van der Waals surface area contributed by atoms with Gasteiger partial charge in [0, 0.05) is 42.8 Å². The molecule has 11 heteroatoms. The summed E-state index contributed by atoms with van der Waals surface area (Å²) in [5.41, 5.74) is 3.58. The Hall–Kier alpha value is -3.30. The van der Waals surface area contributed by atoms with Gasteiger partial charge in [-0.25, -0.2) is 4.79 Å². The van der Waals surface area contributed by atoms with Gasteiger partial charge in [-0.05, 0) is 65.4 Å². The average molecular weight is 704 g/mol. The second-order valence-electron chi connectivity index (χ2n) is 12.5. The predicted molar refractivity (Wildman–Crippen MR) is 193 cm³/mol. The van der Waals surface area contributed by atoms with Gasteiger partial charge in [-0.15, -0.1) is 12.4 Å². The molecule has 0 bridgehead atoms. The maximum Gasteiger partial charge on any atom is 0.326 e. The molecule has 1 N–H and O–H groups in total. The standard InChI is InChI=1S/C35H40Cl2N4O4.CH4.ClH/c1-5-45-29-22-25(35(2,3)4)10-15-28(29)33-38-31(23-6-11-26(36)12-7-23)32(24-8-13-27(37)14-9-24)41(33)34(44)40-20-18-39(19-21-40)17-16-30(42)43;;/h6-15,22,31-32H,5,16-21H2,1-4H3,(H,42,43);1H4;1H/t31-,32+;;/m0../s1. The van der Waals surface area contributed by atoms with Crippen LogP contribution < -0.4 is 4.74 Å². The molecule has 2 amide bonds. The molecule has 2 aliphatic heterocycles. The zero-order chi connectivity index (χ0) is 32.3. The first kappa shape index (κ1) is 38.2. The Kier molecular flexibility index (Phi) is 13.2. The van der Waals surface area contributed by atoms with Crippen LogP contribution in [0.2, 0.25) is 10.0 Å². The van der Waals surface area contributed by atoms with Gasteiger partial charge in [-0.3, -0.25) is 19.6 Å². The molecule has 2 atom stereocenters. The number of carbonyl (C=O) groups is 2. The number of urea groups is 1. The SMILES string of the molecule is C.CCOc1cc(C(C)(C)C)ccc1C1=N[C@@H](c2ccc(Cl)cc2)[C@@H](c2ccc(Cl)cc2)N1C(=O)N1CCN(CCC(=O)O)CC1.Cl. The average Bonchev–Trinajstić information content (AvgIpc) is 3.40. The number of piperazine rings is 1. The van der Waals surface area contributed by atoms with Crippen molar-refractivity contribution in [1.29, 1.82) is 0 Å². The largest absolute Gasteiger partial charge is 0.493 e. The van der Waals surface area contributed by atoms with E-state index in [4.69, 9.17) is 38.0 Å². The second kappa shape index (κ2) is 16.2. The number of nitrogens with zero attached hydrogens (tertiary/aromatic N) is 4. The van der Waals surface area contributed by atoms with Crippen LogP contribution in [0, 0.1) is 0 Å². The lowest BCUT2D eigenvalue weighted by Crippen LogP contribution is -2.54. The Balaban J connectivity index is 0.00000300. The van der Waals surface area contributed by atoms with Crippen molar-refractivity contribution in [2.24, 2.45) is 4.99 Å². The van der Waals surface area contributed by atoms with Gasteiger partial charge in [0.25, 0.3) is 0 Å². The van der Waals surface area contributed by atoms with Crippen molar-refractivity contribution in [3.8, 4) is 5.75 Å². The summed E-state index contributed by atoms with van der Waals surface area (Å²) in [5, 5.41) is 10.4. The number of carboxylic acids is 1. The van der Waals surface area contributed by atoms with Crippen LogP contribution in [-0.2, 0) is 10.2 Å². The lowest BCUT2D eigenvalue weighted by atomic mass is 9.86. The molecule has 254 valence electrons. The molecule has 1 fully saturated rings. The maximum atomic E-state index is 14.7. The lowest BCUT2D eigenvalue weighted by molar-refractivity contribution is -0.137. The van der Waals surface area contributed by atoms with E-state index in [0.29, 0.717) is 61.0 Å². The van der Waals surface area contributed by atoms with E-state index in [1.807, 2.05) is 71.3 Å². The van der Waals surface area contributed by atoms with Crippen LogP contribution in [0.5, 0.6) is 5.75 Å². The second-order valence-corrected chi connectivity index (χ2v) is 13.3. The molecule has 0 spiro atoms. The van der Waals surface area contributed by atoms with Gasteiger partial charge in [0.05, 0.1) is 24.6 Å². The van der Waals surface area contributed by atoms with Crippen LogP contribution in [0.3, 0.4) is 0 Å². The van der Waals surface area contributed by atoms with E-state index in [1.165, 1.54) is 0 Å². The van der Waals surface area contributed by atoms with E-state index < -0.39 is 18.1 Å². The molecule has 47 heavy (non-hydrogen) atoms. The molecule has 0 radical (unpaired) electrons. The molecule has 0 unspecified atom stereocenters. The number of hydrogen-bond donors (Lipinski definition) is 1. The van der Waals surface area contributed by atoms with Gasteiger partial charge >= 0.3 is 12.0 Å².